The van der Waals surface area contributed by atoms with Gasteiger partial charge in [-0.2, -0.15) is 0 Å². The number of methoxy groups -OCH3 is 2. The molecule has 0 aliphatic heterocycles. The Labute approximate surface area is 154 Å². The summed E-state index contributed by atoms with van der Waals surface area (Å²) in [6.07, 6.45) is 0. The van der Waals surface area contributed by atoms with Gasteiger partial charge in [-0.25, -0.2) is 0 Å². The van der Waals surface area contributed by atoms with Crippen molar-refractivity contribution in [1.29, 1.82) is 0 Å². The summed E-state index contributed by atoms with van der Waals surface area (Å²) < 4.78 is 11.4. The summed E-state index contributed by atoms with van der Waals surface area (Å²) in [4.78, 5) is 0. The van der Waals surface area contributed by atoms with E-state index in [9.17, 15) is 0 Å². The average molecular weight is 342 g/mol. The predicted octanol–water partition coefficient (Wildman–Crippen LogP) is 6.29. The van der Waals surface area contributed by atoms with Crippen LogP contribution in [-0.2, 0) is 0 Å². The Hall–Kier alpha value is -3.00. The standard InChI is InChI=1S/C24H22O2/c1-15-21(25-3)13-17-9-5-7-11-19(17)23(15)24-16(2)22(26-4)14-18-10-6-8-12-20(18)24/h5-14H,1-4H3. The van der Waals surface area contributed by atoms with Crippen LogP contribution in [0, 0.1) is 13.8 Å². The lowest BCUT2D eigenvalue weighted by Gasteiger charge is -2.20. The van der Waals surface area contributed by atoms with Crippen LogP contribution in [0.25, 0.3) is 32.7 Å². The highest BCUT2D eigenvalue weighted by atomic mass is 16.5. The molecule has 0 saturated heterocycles. The predicted molar refractivity (Wildman–Crippen MR) is 109 cm³/mol. The van der Waals surface area contributed by atoms with E-state index in [4.69, 9.17) is 9.47 Å². The Morgan fingerprint density at radius 1 is 0.577 bits per heavy atom. The van der Waals surface area contributed by atoms with E-state index in [-0.39, 0.29) is 0 Å². The van der Waals surface area contributed by atoms with Gasteiger partial charge in [-0.05, 0) is 69.8 Å². The number of benzene rings is 4. The summed E-state index contributed by atoms with van der Waals surface area (Å²) in [7, 11) is 3.47. The van der Waals surface area contributed by atoms with E-state index >= 15 is 0 Å². The van der Waals surface area contributed by atoms with E-state index in [1.54, 1.807) is 14.2 Å². The van der Waals surface area contributed by atoms with Crippen molar-refractivity contribution in [2.24, 2.45) is 0 Å². The highest BCUT2D eigenvalue weighted by molar-refractivity contribution is 6.09. The van der Waals surface area contributed by atoms with Gasteiger partial charge in [-0.15, -0.1) is 0 Å². The van der Waals surface area contributed by atoms with Crippen LogP contribution in [0.2, 0.25) is 0 Å². The van der Waals surface area contributed by atoms with Gasteiger partial charge in [0.15, 0.2) is 0 Å². The lowest BCUT2D eigenvalue weighted by atomic mass is 9.87. The third kappa shape index (κ3) is 2.41. The van der Waals surface area contributed by atoms with Crippen molar-refractivity contribution < 1.29 is 9.47 Å². The first-order chi connectivity index (χ1) is 12.7. The number of fused-ring (bicyclic) bond motifs is 2. The van der Waals surface area contributed by atoms with Gasteiger partial charge < -0.3 is 9.47 Å². The molecule has 0 spiro atoms. The molecule has 0 aliphatic carbocycles. The minimum atomic E-state index is 0.907. The maximum Gasteiger partial charge on any atom is 0.123 e. The smallest absolute Gasteiger partial charge is 0.123 e. The third-order valence-corrected chi connectivity index (χ3v) is 5.21. The zero-order valence-corrected chi connectivity index (χ0v) is 15.6. The topological polar surface area (TPSA) is 18.5 Å². The van der Waals surface area contributed by atoms with E-state index in [1.165, 1.54) is 32.7 Å². The van der Waals surface area contributed by atoms with Crippen LogP contribution in [0.4, 0.5) is 0 Å². The molecule has 2 heteroatoms. The molecule has 0 heterocycles. The second-order valence-corrected chi connectivity index (χ2v) is 6.60. The quantitative estimate of drug-likeness (QED) is 0.435. The summed E-state index contributed by atoms with van der Waals surface area (Å²) >= 11 is 0. The number of rotatable bonds is 3. The molecule has 0 amide bonds. The fourth-order valence-electron chi connectivity index (χ4n) is 3.92. The molecule has 0 radical (unpaired) electrons. The van der Waals surface area contributed by atoms with Crippen LogP contribution in [-0.4, -0.2) is 14.2 Å². The van der Waals surface area contributed by atoms with E-state index in [0.29, 0.717) is 0 Å². The van der Waals surface area contributed by atoms with Crippen LogP contribution in [0.15, 0.2) is 60.7 Å². The van der Waals surface area contributed by atoms with Crippen LogP contribution >= 0.6 is 0 Å². The van der Waals surface area contributed by atoms with Gasteiger partial charge in [-0.1, -0.05) is 48.5 Å². The van der Waals surface area contributed by atoms with Gasteiger partial charge >= 0.3 is 0 Å². The monoisotopic (exact) mass is 342 g/mol. The van der Waals surface area contributed by atoms with Crippen LogP contribution in [0.3, 0.4) is 0 Å². The van der Waals surface area contributed by atoms with Crippen molar-refractivity contribution in [2.45, 2.75) is 13.8 Å². The molecule has 0 saturated carbocycles. The molecule has 0 fully saturated rings. The number of ether oxygens (including phenoxy) is 2. The minimum absolute atomic E-state index is 0.907. The molecular formula is C24H22O2. The third-order valence-electron chi connectivity index (χ3n) is 5.21. The summed E-state index contributed by atoms with van der Waals surface area (Å²) in [5.41, 5.74) is 4.72. The van der Waals surface area contributed by atoms with Crippen molar-refractivity contribution >= 4 is 21.5 Å². The van der Waals surface area contributed by atoms with E-state index in [0.717, 1.165) is 22.6 Å². The highest BCUT2D eigenvalue weighted by Crippen LogP contribution is 2.44. The van der Waals surface area contributed by atoms with E-state index < -0.39 is 0 Å². The average Bonchev–Trinajstić information content (AvgIpc) is 2.68. The van der Waals surface area contributed by atoms with Crippen molar-refractivity contribution in [3.8, 4) is 22.6 Å². The van der Waals surface area contributed by atoms with Crippen LogP contribution in [0.1, 0.15) is 11.1 Å². The second-order valence-electron chi connectivity index (χ2n) is 6.60. The summed E-state index contributed by atoms with van der Waals surface area (Å²) in [6, 6.07) is 21.2. The summed E-state index contributed by atoms with van der Waals surface area (Å²) in [5, 5.41) is 4.81. The van der Waals surface area contributed by atoms with Gasteiger partial charge in [0, 0.05) is 0 Å². The van der Waals surface area contributed by atoms with Gasteiger partial charge in [0.25, 0.3) is 0 Å². The Morgan fingerprint density at radius 3 is 1.35 bits per heavy atom. The fourth-order valence-corrected chi connectivity index (χ4v) is 3.92. The van der Waals surface area contributed by atoms with Crippen molar-refractivity contribution in [2.75, 3.05) is 14.2 Å². The Bertz CT molecular complexity index is 1030. The lowest BCUT2D eigenvalue weighted by Crippen LogP contribution is -1.97. The molecular weight excluding hydrogens is 320 g/mol. The molecule has 0 bridgehead atoms. The molecule has 4 aromatic rings. The zero-order valence-electron chi connectivity index (χ0n) is 15.6. The number of hydrogen-bond donors (Lipinski definition) is 0. The summed E-state index contributed by atoms with van der Waals surface area (Å²) in [6.45, 7) is 4.27. The Morgan fingerprint density at radius 2 is 0.962 bits per heavy atom. The largest absolute Gasteiger partial charge is 0.496 e. The van der Waals surface area contributed by atoms with Crippen molar-refractivity contribution in [1.82, 2.24) is 0 Å². The SMILES string of the molecule is COc1cc2ccccc2c(-c2c(C)c(OC)cc3ccccc23)c1C. The molecule has 4 rings (SSSR count). The first kappa shape index (κ1) is 16.5. The van der Waals surface area contributed by atoms with E-state index in [1.807, 2.05) is 0 Å². The second kappa shape index (κ2) is 6.38. The maximum absolute atomic E-state index is 5.69. The van der Waals surface area contributed by atoms with Crippen LogP contribution in [0.5, 0.6) is 11.5 Å². The van der Waals surface area contributed by atoms with Crippen molar-refractivity contribution in [3.05, 3.63) is 71.8 Å². The van der Waals surface area contributed by atoms with Crippen LogP contribution < -0.4 is 9.47 Å². The molecule has 26 heavy (non-hydrogen) atoms. The van der Waals surface area contributed by atoms with Crippen molar-refractivity contribution in [3.63, 3.8) is 0 Å². The molecule has 130 valence electrons. The first-order valence-electron chi connectivity index (χ1n) is 8.78. The summed E-state index contributed by atoms with van der Waals surface area (Å²) in [5.74, 6) is 1.81. The van der Waals surface area contributed by atoms with Gasteiger partial charge in [0.2, 0.25) is 0 Å². The Balaban J connectivity index is 2.24. The molecule has 0 aromatic heterocycles. The van der Waals surface area contributed by atoms with E-state index in [2.05, 4.69) is 74.5 Å². The molecule has 0 N–H and O–H groups in total. The molecule has 0 unspecified atom stereocenters. The molecule has 0 atom stereocenters. The van der Waals surface area contributed by atoms with Gasteiger partial charge in [-0.3, -0.25) is 0 Å². The first-order valence-corrected chi connectivity index (χ1v) is 8.78. The molecule has 4 aromatic carbocycles. The Kier molecular flexibility index (Phi) is 4.04. The normalized spacial score (nSPS) is 11.1. The minimum Gasteiger partial charge on any atom is -0.496 e. The highest BCUT2D eigenvalue weighted by Gasteiger charge is 2.19. The maximum atomic E-state index is 5.69. The van der Waals surface area contributed by atoms with Gasteiger partial charge in [0.1, 0.15) is 11.5 Å². The molecule has 0 aliphatic rings. The fraction of sp³-hybridized carbons (Fsp3) is 0.167. The number of hydrogen-bond acceptors (Lipinski definition) is 2. The lowest BCUT2D eigenvalue weighted by molar-refractivity contribution is 0.411. The van der Waals surface area contributed by atoms with Gasteiger partial charge in [0.05, 0.1) is 14.2 Å². The zero-order chi connectivity index (χ0) is 18.3. The molecule has 2 nitrogen and oxygen atoms in total.